The van der Waals surface area contributed by atoms with E-state index in [2.05, 4.69) is 5.32 Å². The van der Waals surface area contributed by atoms with Gasteiger partial charge >= 0.3 is 6.18 Å². The lowest BCUT2D eigenvalue weighted by Crippen LogP contribution is -2.38. The number of aryl methyl sites for hydroxylation is 2. The van der Waals surface area contributed by atoms with E-state index in [4.69, 9.17) is 0 Å². The van der Waals surface area contributed by atoms with E-state index >= 15 is 0 Å². The Morgan fingerprint density at radius 3 is 2.63 bits per heavy atom. The lowest BCUT2D eigenvalue weighted by atomic mass is 10.1. The van der Waals surface area contributed by atoms with Crippen LogP contribution < -0.4 is 10.2 Å². The molecule has 1 saturated heterocycles. The van der Waals surface area contributed by atoms with Crippen molar-refractivity contribution < 1.29 is 13.2 Å². The molecule has 1 aliphatic heterocycles. The molecule has 106 valence electrons. The molecule has 1 N–H and O–H groups in total. The van der Waals surface area contributed by atoms with E-state index in [0.717, 1.165) is 16.8 Å². The van der Waals surface area contributed by atoms with E-state index in [1.165, 1.54) is 0 Å². The molecule has 1 heterocycles. The lowest BCUT2D eigenvalue weighted by molar-refractivity contribution is -0.169. The van der Waals surface area contributed by atoms with E-state index in [1.54, 1.807) is 0 Å². The minimum absolute atomic E-state index is 0.00487. The Morgan fingerprint density at radius 2 is 2.00 bits per heavy atom. The summed E-state index contributed by atoms with van der Waals surface area (Å²) >= 11 is 0. The maximum absolute atomic E-state index is 12.9. The van der Waals surface area contributed by atoms with Crippen LogP contribution in [0.2, 0.25) is 0 Å². The van der Waals surface area contributed by atoms with Gasteiger partial charge in [0.05, 0.1) is 5.92 Å². The van der Waals surface area contributed by atoms with Crippen molar-refractivity contribution in [1.82, 2.24) is 5.32 Å². The van der Waals surface area contributed by atoms with Crippen molar-refractivity contribution in [3.8, 4) is 0 Å². The summed E-state index contributed by atoms with van der Waals surface area (Å²) < 4.78 is 38.7. The third kappa shape index (κ3) is 3.41. The van der Waals surface area contributed by atoms with Crippen LogP contribution in [-0.2, 0) is 0 Å². The van der Waals surface area contributed by atoms with Crippen LogP contribution in [0.5, 0.6) is 0 Å². The zero-order valence-electron chi connectivity index (χ0n) is 11.2. The van der Waals surface area contributed by atoms with Gasteiger partial charge in [-0.15, -0.1) is 0 Å². The third-order valence-corrected chi connectivity index (χ3v) is 3.55. The molecule has 1 aromatic rings. The van der Waals surface area contributed by atoms with Crippen LogP contribution in [-0.4, -0.2) is 32.4 Å². The van der Waals surface area contributed by atoms with E-state index < -0.39 is 12.1 Å². The summed E-state index contributed by atoms with van der Waals surface area (Å²) in [6.07, 6.45) is -4.14. The first-order valence-electron chi connectivity index (χ1n) is 6.47. The van der Waals surface area contributed by atoms with Crippen molar-refractivity contribution in [3.63, 3.8) is 0 Å². The Hall–Kier alpha value is -1.23. The molecule has 0 aromatic heterocycles. The minimum Gasteiger partial charge on any atom is -0.369 e. The highest BCUT2D eigenvalue weighted by Crippen LogP contribution is 2.30. The van der Waals surface area contributed by atoms with Crippen molar-refractivity contribution in [3.05, 3.63) is 29.3 Å². The Labute approximate surface area is 111 Å². The zero-order valence-corrected chi connectivity index (χ0v) is 11.2. The summed E-state index contributed by atoms with van der Waals surface area (Å²) in [6, 6.07) is 5.88. The third-order valence-electron chi connectivity index (χ3n) is 3.55. The number of hydrogen-bond acceptors (Lipinski definition) is 2. The average molecular weight is 272 g/mol. The van der Waals surface area contributed by atoms with Crippen molar-refractivity contribution in [1.29, 1.82) is 0 Å². The predicted molar refractivity (Wildman–Crippen MR) is 70.5 cm³/mol. The average Bonchev–Trinajstić information content (AvgIpc) is 2.54. The summed E-state index contributed by atoms with van der Waals surface area (Å²) in [7, 11) is 0. The van der Waals surface area contributed by atoms with Crippen LogP contribution in [0.25, 0.3) is 0 Å². The molecule has 1 aromatic carbocycles. The molecule has 2 rings (SSSR count). The van der Waals surface area contributed by atoms with Gasteiger partial charge in [0.25, 0.3) is 0 Å². The maximum Gasteiger partial charge on any atom is 0.394 e. The fraction of sp³-hybridized carbons (Fsp3) is 0.571. The van der Waals surface area contributed by atoms with Gasteiger partial charge in [0.15, 0.2) is 0 Å². The highest BCUT2D eigenvalue weighted by atomic mass is 19.4. The second-order valence-electron chi connectivity index (χ2n) is 5.18. The van der Waals surface area contributed by atoms with Gasteiger partial charge in [0.1, 0.15) is 0 Å². The number of nitrogens with zero attached hydrogens (tertiary/aromatic N) is 1. The molecule has 1 atom stereocenters. The number of halogens is 3. The first kappa shape index (κ1) is 14.2. The summed E-state index contributed by atoms with van der Waals surface area (Å²) in [5.41, 5.74) is 3.06. The molecule has 1 fully saturated rings. The molecule has 1 unspecified atom stereocenters. The van der Waals surface area contributed by atoms with Crippen LogP contribution >= 0.6 is 0 Å². The van der Waals surface area contributed by atoms with Crippen molar-refractivity contribution in [2.24, 2.45) is 5.92 Å². The van der Waals surface area contributed by atoms with E-state index in [-0.39, 0.29) is 13.1 Å². The molecule has 0 aliphatic carbocycles. The quantitative estimate of drug-likeness (QED) is 0.845. The molecular formula is C14H19F3N2. The second kappa shape index (κ2) is 5.41. The first-order chi connectivity index (χ1) is 8.88. The van der Waals surface area contributed by atoms with Crippen molar-refractivity contribution in [2.45, 2.75) is 20.0 Å². The number of anilines is 1. The molecule has 5 heteroatoms. The summed E-state index contributed by atoms with van der Waals surface area (Å²) in [4.78, 5) is 1.84. The molecule has 0 spiro atoms. The number of benzene rings is 1. The van der Waals surface area contributed by atoms with E-state index in [1.807, 2.05) is 36.9 Å². The Morgan fingerprint density at radius 1 is 1.26 bits per heavy atom. The Kier molecular flexibility index (Phi) is 4.04. The van der Waals surface area contributed by atoms with E-state index in [9.17, 15) is 13.2 Å². The van der Waals surface area contributed by atoms with Gasteiger partial charge in [-0.05, 0) is 25.5 Å². The largest absolute Gasteiger partial charge is 0.394 e. The minimum atomic E-state index is -4.14. The van der Waals surface area contributed by atoms with Gasteiger partial charge in [-0.25, -0.2) is 0 Å². The van der Waals surface area contributed by atoms with Gasteiger partial charge in [-0.3, -0.25) is 0 Å². The van der Waals surface area contributed by atoms with Gasteiger partial charge in [-0.1, -0.05) is 17.7 Å². The first-order valence-corrected chi connectivity index (χ1v) is 6.47. The molecule has 2 nitrogen and oxygen atoms in total. The molecule has 0 radical (unpaired) electrons. The molecule has 0 bridgehead atoms. The molecule has 1 aliphatic rings. The normalized spacial score (nSPS) is 21.3. The van der Waals surface area contributed by atoms with E-state index in [0.29, 0.717) is 13.1 Å². The molecular weight excluding hydrogens is 253 g/mol. The molecule has 0 amide bonds. The van der Waals surface area contributed by atoms with Crippen LogP contribution in [0, 0.1) is 19.8 Å². The fourth-order valence-electron chi connectivity index (χ4n) is 2.51. The van der Waals surface area contributed by atoms with Gasteiger partial charge in [0.2, 0.25) is 0 Å². The summed E-state index contributed by atoms with van der Waals surface area (Å²) in [5, 5.41) is 2.87. The highest BCUT2D eigenvalue weighted by molar-refractivity contribution is 5.54. The number of hydrogen-bond donors (Lipinski definition) is 1. The number of alkyl halides is 3. The molecule has 19 heavy (non-hydrogen) atoms. The zero-order chi connectivity index (χ0) is 14.0. The Balaban J connectivity index is 2.22. The lowest BCUT2D eigenvalue weighted by Gasteiger charge is -2.28. The smallest absolute Gasteiger partial charge is 0.369 e. The predicted octanol–water partition coefficient (Wildman–Crippen LogP) is 2.89. The van der Waals surface area contributed by atoms with Crippen LogP contribution in [0.15, 0.2) is 18.2 Å². The topological polar surface area (TPSA) is 15.3 Å². The van der Waals surface area contributed by atoms with Crippen LogP contribution in [0.3, 0.4) is 0 Å². The van der Waals surface area contributed by atoms with Gasteiger partial charge in [-0.2, -0.15) is 13.2 Å². The second-order valence-corrected chi connectivity index (χ2v) is 5.18. The summed E-state index contributed by atoms with van der Waals surface area (Å²) in [6.45, 7) is 5.16. The maximum atomic E-state index is 12.9. The van der Waals surface area contributed by atoms with Crippen LogP contribution in [0.4, 0.5) is 18.9 Å². The SMILES string of the molecule is Cc1ccc(N2CCNCC(C(F)(F)F)C2)c(C)c1. The van der Waals surface area contributed by atoms with Crippen molar-refractivity contribution in [2.75, 3.05) is 31.1 Å². The van der Waals surface area contributed by atoms with Gasteiger partial charge < -0.3 is 10.2 Å². The number of nitrogens with one attached hydrogen (secondary N) is 1. The summed E-state index contributed by atoms with van der Waals surface area (Å²) in [5.74, 6) is -1.31. The monoisotopic (exact) mass is 272 g/mol. The molecule has 0 saturated carbocycles. The fourth-order valence-corrected chi connectivity index (χ4v) is 2.51. The van der Waals surface area contributed by atoms with Crippen LogP contribution in [0.1, 0.15) is 11.1 Å². The Bertz CT molecular complexity index is 443. The van der Waals surface area contributed by atoms with Gasteiger partial charge in [0, 0.05) is 31.9 Å². The van der Waals surface area contributed by atoms with Crippen molar-refractivity contribution >= 4 is 5.69 Å². The number of rotatable bonds is 1. The highest BCUT2D eigenvalue weighted by Gasteiger charge is 2.41. The standard InChI is InChI=1S/C14H19F3N2/c1-10-3-4-13(11(2)7-10)19-6-5-18-8-12(9-19)14(15,16)17/h3-4,7,12,18H,5-6,8-9H2,1-2H3.